The van der Waals surface area contributed by atoms with Gasteiger partial charge in [0.25, 0.3) is 0 Å². The Balaban J connectivity index is 1.47. The summed E-state index contributed by atoms with van der Waals surface area (Å²) in [5.41, 5.74) is 3.99. The summed E-state index contributed by atoms with van der Waals surface area (Å²) < 4.78 is 5.39. The van der Waals surface area contributed by atoms with Crippen LogP contribution in [-0.4, -0.2) is 35.6 Å². The smallest absolute Gasteiger partial charge is 0.229 e. The second kappa shape index (κ2) is 6.50. The van der Waals surface area contributed by atoms with E-state index in [2.05, 4.69) is 46.6 Å². The molecule has 1 amide bonds. The normalized spacial score (nSPS) is 24.5. The van der Waals surface area contributed by atoms with E-state index >= 15 is 0 Å². The average molecular weight is 361 g/mol. The van der Waals surface area contributed by atoms with E-state index in [9.17, 15) is 4.79 Å². The first-order valence-corrected chi connectivity index (χ1v) is 9.61. The molecule has 0 bridgehead atoms. The third kappa shape index (κ3) is 2.73. The predicted octanol–water partition coefficient (Wildman–Crippen LogP) is 3.10. The number of rotatable bonds is 3. The molecule has 3 heterocycles. The second-order valence-corrected chi connectivity index (χ2v) is 7.73. The SMILES string of the molecule is Cc1ccccc1[C@@H]1[C@H]2CNC[C@H]2CN1C(=O)Cc1noc2ccccc12. The summed E-state index contributed by atoms with van der Waals surface area (Å²) in [4.78, 5) is 15.4. The maximum atomic E-state index is 13.3. The highest BCUT2D eigenvalue weighted by Crippen LogP contribution is 2.43. The Bertz CT molecular complexity index is 996. The van der Waals surface area contributed by atoms with Crippen LogP contribution in [0.3, 0.4) is 0 Å². The molecule has 0 aliphatic carbocycles. The molecule has 0 unspecified atom stereocenters. The van der Waals surface area contributed by atoms with E-state index in [4.69, 9.17) is 4.52 Å². The van der Waals surface area contributed by atoms with Crippen molar-refractivity contribution >= 4 is 16.9 Å². The Morgan fingerprint density at radius 1 is 1.19 bits per heavy atom. The van der Waals surface area contributed by atoms with Gasteiger partial charge in [-0.2, -0.15) is 0 Å². The van der Waals surface area contributed by atoms with E-state index in [1.165, 1.54) is 11.1 Å². The van der Waals surface area contributed by atoms with Gasteiger partial charge in [-0.05, 0) is 36.1 Å². The van der Waals surface area contributed by atoms with Crippen molar-refractivity contribution in [3.63, 3.8) is 0 Å². The number of likely N-dealkylation sites (tertiary alicyclic amines) is 1. The molecule has 3 aromatic rings. The number of carbonyl (C=O) groups excluding carboxylic acids is 1. The maximum Gasteiger partial charge on any atom is 0.229 e. The molecule has 5 nitrogen and oxygen atoms in total. The summed E-state index contributed by atoms with van der Waals surface area (Å²) in [5.74, 6) is 1.13. The zero-order valence-corrected chi connectivity index (χ0v) is 15.4. The molecule has 0 saturated carbocycles. The number of amides is 1. The number of aryl methyl sites for hydroxylation is 1. The summed E-state index contributed by atoms with van der Waals surface area (Å²) >= 11 is 0. The highest BCUT2D eigenvalue weighted by Gasteiger charge is 2.47. The van der Waals surface area contributed by atoms with Crippen molar-refractivity contribution in [3.05, 3.63) is 65.4 Å². The Morgan fingerprint density at radius 2 is 2.00 bits per heavy atom. The zero-order chi connectivity index (χ0) is 18.4. The molecule has 1 N–H and O–H groups in total. The van der Waals surface area contributed by atoms with Gasteiger partial charge in [0.15, 0.2) is 5.58 Å². The summed E-state index contributed by atoms with van der Waals surface area (Å²) in [7, 11) is 0. The minimum Gasteiger partial charge on any atom is -0.356 e. The van der Waals surface area contributed by atoms with Crippen LogP contribution in [0, 0.1) is 18.8 Å². The molecular weight excluding hydrogens is 338 g/mol. The lowest BCUT2D eigenvalue weighted by Crippen LogP contribution is -2.36. The monoisotopic (exact) mass is 361 g/mol. The van der Waals surface area contributed by atoms with Crippen LogP contribution in [0.5, 0.6) is 0 Å². The van der Waals surface area contributed by atoms with Crippen LogP contribution < -0.4 is 5.32 Å². The van der Waals surface area contributed by atoms with Crippen molar-refractivity contribution in [3.8, 4) is 0 Å². The van der Waals surface area contributed by atoms with Gasteiger partial charge in [0.2, 0.25) is 5.91 Å². The van der Waals surface area contributed by atoms with Crippen molar-refractivity contribution in [1.29, 1.82) is 0 Å². The van der Waals surface area contributed by atoms with Crippen LogP contribution in [0.2, 0.25) is 0 Å². The van der Waals surface area contributed by atoms with Gasteiger partial charge in [0.05, 0.1) is 12.5 Å². The minimum absolute atomic E-state index is 0.136. The van der Waals surface area contributed by atoms with Crippen LogP contribution in [0.25, 0.3) is 11.0 Å². The highest BCUT2D eigenvalue weighted by molar-refractivity contribution is 5.86. The van der Waals surface area contributed by atoms with E-state index < -0.39 is 0 Å². The molecule has 5 rings (SSSR count). The van der Waals surface area contributed by atoms with Crippen LogP contribution in [0.4, 0.5) is 0 Å². The summed E-state index contributed by atoms with van der Waals surface area (Å²) in [6.07, 6.45) is 0.284. The Morgan fingerprint density at radius 3 is 2.89 bits per heavy atom. The molecule has 1 aromatic heterocycles. The highest BCUT2D eigenvalue weighted by atomic mass is 16.5. The number of para-hydroxylation sites is 1. The summed E-state index contributed by atoms with van der Waals surface area (Å²) in [5, 5.41) is 8.60. The summed E-state index contributed by atoms with van der Waals surface area (Å²) in [6.45, 7) is 4.91. The van der Waals surface area contributed by atoms with Crippen molar-refractivity contribution < 1.29 is 9.32 Å². The fourth-order valence-corrected chi connectivity index (χ4v) is 4.80. The first-order chi connectivity index (χ1) is 13.2. The standard InChI is InChI=1S/C22H23N3O2/c1-14-6-2-3-7-16(14)22-18-12-23-11-15(18)13-25(22)21(26)10-19-17-8-4-5-9-20(17)27-24-19/h2-9,15,18,22-23H,10-13H2,1H3/t15-,18-,22+/m0/s1. The molecule has 2 aliphatic rings. The quantitative estimate of drug-likeness (QED) is 0.779. The van der Waals surface area contributed by atoms with Crippen molar-refractivity contribution in [1.82, 2.24) is 15.4 Å². The van der Waals surface area contributed by atoms with Gasteiger partial charge in [-0.25, -0.2) is 0 Å². The molecule has 2 fully saturated rings. The van der Waals surface area contributed by atoms with Gasteiger partial charge in [0.1, 0.15) is 5.69 Å². The van der Waals surface area contributed by atoms with Gasteiger partial charge in [0, 0.05) is 30.9 Å². The summed E-state index contributed by atoms with van der Waals surface area (Å²) in [6, 6.07) is 16.3. The zero-order valence-electron chi connectivity index (χ0n) is 15.4. The number of nitrogens with zero attached hydrogens (tertiary/aromatic N) is 2. The van der Waals surface area contributed by atoms with Crippen LogP contribution >= 0.6 is 0 Å². The number of aromatic nitrogens is 1. The minimum atomic E-state index is 0.136. The van der Waals surface area contributed by atoms with Gasteiger partial charge >= 0.3 is 0 Å². The van der Waals surface area contributed by atoms with Crippen molar-refractivity contribution in [2.45, 2.75) is 19.4 Å². The molecule has 0 radical (unpaired) electrons. The fraction of sp³-hybridized carbons (Fsp3) is 0.364. The van der Waals surface area contributed by atoms with Gasteiger partial charge in [-0.3, -0.25) is 4.79 Å². The largest absolute Gasteiger partial charge is 0.356 e. The molecular formula is C22H23N3O2. The number of nitrogens with one attached hydrogen (secondary N) is 1. The molecule has 3 atom stereocenters. The van der Waals surface area contributed by atoms with E-state index in [0.717, 1.165) is 36.3 Å². The Labute approximate surface area is 158 Å². The molecule has 27 heavy (non-hydrogen) atoms. The molecule has 2 saturated heterocycles. The van der Waals surface area contributed by atoms with Gasteiger partial charge < -0.3 is 14.7 Å². The van der Waals surface area contributed by atoms with E-state index in [0.29, 0.717) is 11.8 Å². The second-order valence-electron chi connectivity index (χ2n) is 7.73. The Kier molecular flexibility index (Phi) is 3.97. The number of hydrogen-bond acceptors (Lipinski definition) is 4. The van der Waals surface area contributed by atoms with E-state index in [1.54, 1.807) is 0 Å². The molecule has 0 spiro atoms. The van der Waals surface area contributed by atoms with Gasteiger partial charge in [-0.15, -0.1) is 0 Å². The molecule has 5 heteroatoms. The number of benzene rings is 2. The van der Waals surface area contributed by atoms with Crippen LogP contribution in [0.1, 0.15) is 22.9 Å². The van der Waals surface area contributed by atoms with Crippen molar-refractivity contribution in [2.75, 3.05) is 19.6 Å². The van der Waals surface area contributed by atoms with E-state index in [1.807, 2.05) is 24.3 Å². The lowest BCUT2D eigenvalue weighted by atomic mass is 9.87. The number of carbonyl (C=O) groups is 1. The third-order valence-electron chi connectivity index (χ3n) is 6.16. The first kappa shape index (κ1) is 16.5. The molecule has 2 aliphatic heterocycles. The first-order valence-electron chi connectivity index (χ1n) is 9.61. The van der Waals surface area contributed by atoms with Gasteiger partial charge in [-0.1, -0.05) is 41.6 Å². The fourth-order valence-electron chi connectivity index (χ4n) is 4.80. The number of hydrogen-bond donors (Lipinski definition) is 1. The average Bonchev–Trinajstić information content (AvgIpc) is 3.37. The topological polar surface area (TPSA) is 58.4 Å². The van der Waals surface area contributed by atoms with Crippen molar-refractivity contribution in [2.24, 2.45) is 11.8 Å². The molecule has 2 aromatic carbocycles. The Hall–Kier alpha value is -2.66. The molecule has 138 valence electrons. The lowest BCUT2D eigenvalue weighted by molar-refractivity contribution is -0.132. The van der Waals surface area contributed by atoms with Crippen LogP contribution in [-0.2, 0) is 11.2 Å². The predicted molar refractivity (Wildman–Crippen MR) is 103 cm³/mol. The van der Waals surface area contributed by atoms with Crippen LogP contribution in [0.15, 0.2) is 53.1 Å². The lowest BCUT2D eigenvalue weighted by Gasteiger charge is -2.29. The maximum absolute atomic E-state index is 13.3. The third-order valence-corrected chi connectivity index (χ3v) is 6.16. The number of fused-ring (bicyclic) bond motifs is 2. The van der Waals surface area contributed by atoms with E-state index in [-0.39, 0.29) is 18.4 Å².